The van der Waals surface area contributed by atoms with E-state index >= 15 is 0 Å². The molecular formula is C15H21ClN2O3. The summed E-state index contributed by atoms with van der Waals surface area (Å²) in [6, 6.07) is 3.50. The molecule has 0 bridgehead atoms. The Morgan fingerprint density at radius 2 is 2.05 bits per heavy atom. The number of fused-ring (bicyclic) bond motifs is 1. The zero-order valence-electron chi connectivity index (χ0n) is 12.7. The SMILES string of the molecule is CCOC(=O)c1c(C)[nH]c2cc(CN(C)C)c(O)cc12.Cl. The van der Waals surface area contributed by atoms with E-state index in [4.69, 9.17) is 4.74 Å². The molecule has 0 amide bonds. The van der Waals surface area contributed by atoms with Crippen LogP contribution in [-0.4, -0.2) is 41.7 Å². The molecule has 116 valence electrons. The van der Waals surface area contributed by atoms with Gasteiger partial charge in [0.15, 0.2) is 0 Å². The lowest BCUT2D eigenvalue weighted by atomic mass is 10.1. The quantitative estimate of drug-likeness (QED) is 0.852. The number of benzene rings is 1. The van der Waals surface area contributed by atoms with Gasteiger partial charge in [-0.2, -0.15) is 0 Å². The number of H-pyrrole nitrogens is 1. The first-order chi connectivity index (χ1) is 9.43. The third-order valence-electron chi connectivity index (χ3n) is 3.15. The highest BCUT2D eigenvalue weighted by Gasteiger charge is 2.19. The number of aromatic amines is 1. The molecule has 21 heavy (non-hydrogen) atoms. The van der Waals surface area contributed by atoms with E-state index in [0.29, 0.717) is 24.1 Å². The summed E-state index contributed by atoms with van der Waals surface area (Å²) in [5.74, 6) is -0.174. The number of phenols is 1. The van der Waals surface area contributed by atoms with Crippen molar-refractivity contribution in [3.05, 3.63) is 29.0 Å². The van der Waals surface area contributed by atoms with Crippen LogP contribution in [0.2, 0.25) is 0 Å². The van der Waals surface area contributed by atoms with Crippen molar-refractivity contribution in [1.29, 1.82) is 0 Å². The molecule has 0 aliphatic heterocycles. The van der Waals surface area contributed by atoms with Crippen LogP contribution in [0.25, 0.3) is 10.9 Å². The molecule has 2 N–H and O–H groups in total. The standard InChI is InChI=1S/C15H20N2O3.ClH/c1-5-20-15(19)14-9(2)16-12-6-10(8-17(3)4)13(18)7-11(12)14;/h6-7,16,18H,5,8H2,1-4H3;1H. The number of nitrogens with zero attached hydrogens (tertiary/aromatic N) is 1. The van der Waals surface area contributed by atoms with E-state index in [1.165, 1.54) is 0 Å². The van der Waals surface area contributed by atoms with Crippen molar-refractivity contribution in [3.63, 3.8) is 0 Å². The third kappa shape index (κ3) is 3.49. The van der Waals surface area contributed by atoms with Gasteiger partial charge in [0, 0.05) is 28.7 Å². The largest absolute Gasteiger partial charge is 0.508 e. The number of phenolic OH excluding ortho intramolecular Hbond substituents is 1. The lowest BCUT2D eigenvalue weighted by molar-refractivity contribution is 0.0528. The van der Waals surface area contributed by atoms with Crippen LogP contribution in [0.3, 0.4) is 0 Å². The number of esters is 1. The Morgan fingerprint density at radius 1 is 1.38 bits per heavy atom. The fourth-order valence-corrected chi connectivity index (χ4v) is 2.34. The van der Waals surface area contributed by atoms with Gasteiger partial charge in [0.25, 0.3) is 0 Å². The Morgan fingerprint density at radius 3 is 2.62 bits per heavy atom. The van der Waals surface area contributed by atoms with E-state index in [0.717, 1.165) is 16.8 Å². The monoisotopic (exact) mass is 312 g/mol. The van der Waals surface area contributed by atoms with Crippen molar-refractivity contribution in [2.75, 3.05) is 20.7 Å². The maximum Gasteiger partial charge on any atom is 0.340 e. The summed E-state index contributed by atoms with van der Waals surface area (Å²) in [4.78, 5) is 17.1. The molecular weight excluding hydrogens is 292 g/mol. The van der Waals surface area contributed by atoms with Crippen molar-refractivity contribution in [2.24, 2.45) is 0 Å². The topological polar surface area (TPSA) is 65.6 Å². The highest BCUT2D eigenvalue weighted by molar-refractivity contribution is 6.06. The summed E-state index contributed by atoms with van der Waals surface area (Å²) >= 11 is 0. The van der Waals surface area contributed by atoms with Crippen molar-refractivity contribution in [3.8, 4) is 5.75 Å². The maximum absolute atomic E-state index is 12.0. The van der Waals surface area contributed by atoms with Gasteiger partial charge in [0.1, 0.15) is 5.75 Å². The number of hydrogen-bond donors (Lipinski definition) is 2. The first-order valence-corrected chi connectivity index (χ1v) is 6.60. The lowest BCUT2D eigenvalue weighted by Crippen LogP contribution is -2.10. The Hall–Kier alpha value is -1.72. The number of nitrogens with one attached hydrogen (secondary N) is 1. The molecule has 0 atom stereocenters. The van der Waals surface area contributed by atoms with Gasteiger partial charge in [-0.25, -0.2) is 4.79 Å². The van der Waals surface area contributed by atoms with Crippen molar-refractivity contribution in [2.45, 2.75) is 20.4 Å². The first kappa shape index (κ1) is 17.3. The van der Waals surface area contributed by atoms with Crippen LogP contribution in [0.1, 0.15) is 28.5 Å². The Kier molecular flexibility index (Phi) is 5.63. The highest BCUT2D eigenvalue weighted by atomic mass is 35.5. The minimum atomic E-state index is -0.365. The number of carbonyl (C=O) groups is 1. The number of carbonyl (C=O) groups excluding carboxylic acids is 1. The molecule has 0 fully saturated rings. The lowest BCUT2D eigenvalue weighted by Gasteiger charge is -2.11. The number of rotatable bonds is 4. The van der Waals surface area contributed by atoms with Gasteiger partial charge in [0.2, 0.25) is 0 Å². The van der Waals surface area contributed by atoms with Gasteiger partial charge in [-0.15, -0.1) is 12.4 Å². The molecule has 6 heteroatoms. The molecule has 1 aromatic carbocycles. The van der Waals surface area contributed by atoms with E-state index in [-0.39, 0.29) is 24.1 Å². The summed E-state index contributed by atoms with van der Waals surface area (Å²) in [7, 11) is 3.88. The van der Waals surface area contributed by atoms with Crippen LogP contribution in [0.4, 0.5) is 0 Å². The molecule has 2 rings (SSSR count). The maximum atomic E-state index is 12.0. The number of aromatic nitrogens is 1. The molecule has 0 spiro atoms. The van der Waals surface area contributed by atoms with E-state index in [9.17, 15) is 9.90 Å². The second-order valence-corrected chi connectivity index (χ2v) is 5.11. The van der Waals surface area contributed by atoms with Crippen LogP contribution in [0, 0.1) is 6.92 Å². The third-order valence-corrected chi connectivity index (χ3v) is 3.15. The Bertz CT molecular complexity index is 650. The molecule has 2 aromatic rings. The molecule has 0 aliphatic rings. The molecule has 0 unspecified atom stereocenters. The molecule has 0 saturated heterocycles. The van der Waals surface area contributed by atoms with Crippen LogP contribution in [-0.2, 0) is 11.3 Å². The summed E-state index contributed by atoms with van der Waals surface area (Å²) < 4.78 is 5.06. The summed E-state index contributed by atoms with van der Waals surface area (Å²) in [6.07, 6.45) is 0. The van der Waals surface area contributed by atoms with Gasteiger partial charge >= 0.3 is 5.97 Å². The average Bonchev–Trinajstić information content (AvgIpc) is 2.64. The fraction of sp³-hybridized carbons (Fsp3) is 0.400. The van der Waals surface area contributed by atoms with Gasteiger partial charge in [0.05, 0.1) is 12.2 Å². The molecule has 0 aliphatic carbocycles. The first-order valence-electron chi connectivity index (χ1n) is 6.60. The number of halogens is 1. The number of ether oxygens (including phenoxy) is 1. The van der Waals surface area contributed by atoms with Crippen molar-refractivity contribution >= 4 is 29.3 Å². The Balaban J connectivity index is 0.00000220. The second kappa shape index (κ2) is 6.83. The van der Waals surface area contributed by atoms with E-state index in [1.54, 1.807) is 13.0 Å². The zero-order valence-corrected chi connectivity index (χ0v) is 13.5. The molecule has 1 aromatic heterocycles. The summed E-state index contributed by atoms with van der Waals surface area (Å²) in [5.41, 5.74) is 2.90. The number of aryl methyl sites for hydroxylation is 1. The minimum absolute atomic E-state index is 0. The van der Waals surface area contributed by atoms with Crippen LogP contribution >= 0.6 is 12.4 Å². The van der Waals surface area contributed by atoms with Gasteiger partial charge < -0.3 is 19.7 Å². The van der Waals surface area contributed by atoms with E-state index in [2.05, 4.69) is 4.98 Å². The van der Waals surface area contributed by atoms with E-state index in [1.807, 2.05) is 32.0 Å². The van der Waals surface area contributed by atoms with Gasteiger partial charge in [-0.3, -0.25) is 0 Å². The summed E-state index contributed by atoms with van der Waals surface area (Å²) in [6.45, 7) is 4.56. The predicted molar refractivity (Wildman–Crippen MR) is 85.3 cm³/mol. The molecule has 0 radical (unpaired) electrons. The zero-order chi connectivity index (χ0) is 14.9. The number of aromatic hydroxyl groups is 1. The van der Waals surface area contributed by atoms with Crippen LogP contribution in [0.5, 0.6) is 5.75 Å². The van der Waals surface area contributed by atoms with Crippen LogP contribution in [0.15, 0.2) is 12.1 Å². The van der Waals surface area contributed by atoms with Crippen LogP contribution < -0.4 is 0 Å². The van der Waals surface area contributed by atoms with Gasteiger partial charge in [-0.1, -0.05) is 0 Å². The number of hydrogen-bond acceptors (Lipinski definition) is 4. The minimum Gasteiger partial charge on any atom is -0.508 e. The smallest absolute Gasteiger partial charge is 0.340 e. The fourth-order valence-electron chi connectivity index (χ4n) is 2.34. The normalized spacial score (nSPS) is 10.7. The molecule has 0 saturated carbocycles. The second-order valence-electron chi connectivity index (χ2n) is 5.11. The molecule has 5 nitrogen and oxygen atoms in total. The van der Waals surface area contributed by atoms with Crippen molar-refractivity contribution in [1.82, 2.24) is 9.88 Å². The highest BCUT2D eigenvalue weighted by Crippen LogP contribution is 2.30. The Labute approximate surface area is 130 Å². The van der Waals surface area contributed by atoms with E-state index < -0.39 is 0 Å². The summed E-state index contributed by atoms with van der Waals surface area (Å²) in [5, 5.41) is 10.8. The average molecular weight is 313 g/mol. The van der Waals surface area contributed by atoms with Gasteiger partial charge in [-0.05, 0) is 40.1 Å². The molecule has 1 heterocycles. The predicted octanol–water partition coefficient (Wildman–Crippen LogP) is 2.84. The van der Waals surface area contributed by atoms with Crippen molar-refractivity contribution < 1.29 is 14.6 Å².